The molecule has 8 aromatic carbocycles. The molecule has 0 N–H and O–H groups in total. The van der Waals surface area contributed by atoms with Crippen LogP contribution in [0, 0.1) is 0 Å². The molecule has 59 heavy (non-hydrogen) atoms. The second kappa shape index (κ2) is 14.5. The first-order chi connectivity index (χ1) is 29.2. The van der Waals surface area contributed by atoms with Gasteiger partial charge in [0.1, 0.15) is 5.58 Å². The van der Waals surface area contributed by atoms with E-state index in [0.29, 0.717) is 5.82 Å². The molecule has 0 fully saturated rings. The summed E-state index contributed by atoms with van der Waals surface area (Å²) in [5, 5.41) is 5.52. The molecular formula is C54H36N3OS+. The Morgan fingerprint density at radius 3 is 2.14 bits per heavy atom. The molecule has 0 aliphatic heterocycles. The molecule has 0 saturated carbocycles. The van der Waals surface area contributed by atoms with Crippen molar-refractivity contribution in [3.8, 4) is 33.8 Å². The molecule has 278 valence electrons. The highest BCUT2D eigenvalue weighted by atomic mass is 32.1. The molecule has 0 saturated heterocycles. The van der Waals surface area contributed by atoms with Gasteiger partial charge in [-0.15, -0.1) is 11.3 Å². The molecule has 4 nitrogen and oxygen atoms in total. The topological polar surface area (TPSA) is 41.9 Å². The number of allylic oxidation sites excluding steroid dienone is 1. The molecule has 5 heteroatoms. The van der Waals surface area contributed by atoms with Crippen molar-refractivity contribution in [2.75, 3.05) is 0 Å². The predicted molar refractivity (Wildman–Crippen MR) is 250 cm³/mol. The Morgan fingerprint density at radius 1 is 0.542 bits per heavy atom. The quantitative estimate of drug-likeness (QED) is 0.120. The minimum atomic E-state index is 0.646. The number of aromatic nitrogens is 2. The summed E-state index contributed by atoms with van der Waals surface area (Å²) in [6, 6.07) is 64.0. The Morgan fingerprint density at radius 2 is 1.25 bits per heavy atom. The van der Waals surface area contributed by atoms with Crippen LogP contribution in [0.5, 0.6) is 0 Å². The molecule has 0 spiro atoms. The second-order valence-electron chi connectivity index (χ2n) is 14.7. The Labute approximate surface area is 345 Å². The number of nitrogens with zero attached hydrogens (tertiary/aromatic N) is 3. The third-order valence-corrected chi connectivity index (χ3v) is 12.2. The van der Waals surface area contributed by atoms with Crippen molar-refractivity contribution >= 4 is 88.0 Å². The fourth-order valence-corrected chi connectivity index (χ4v) is 9.47. The number of hydrogen-bond donors (Lipinski definition) is 0. The van der Waals surface area contributed by atoms with Gasteiger partial charge in [-0.25, -0.2) is 9.97 Å². The zero-order chi connectivity index (χ0) is 39.3. The molecule has 3 aromatic heterocycles. The van der Waals surface area contributed by atoms with Gasteiger partial charge in [0.15, 0.2) is 12.0 Å². The van der Waals surface area contributed by atoms with E-state index in [4.69, 9.17) is 14.4 Å². The number of hydrogen-bond acceptors (Lipinski definition) is 4. The van der Waals surface area contributed by atoms with Crippen molar-refractivity contribution in [1.29, 1.82) is 0 Å². The van der Waals surface area contributed by atoms with Crippen LogP contribution in [0.25, 0.3) is 92.9 Å². The summed E-state index contributed by atoms with van der Waals surface area (Å²) in [5.74, 6) is 0.646. The van der Waals surface area contributed by atoms with Crippen molar-refractivity contribution in [2.45, 2.75) is 6.92 Å². The van der Waals surface area contributed by atoms with Crippen molar-refractivity contribution < 1.29 is 4.42 Å². The first kappa shape index (κ1) is 34.8. The molecule has 0 aliphatic carbocycles. The van der Waals surface area contributed by atoms with Gasteiger partial charge in [0.2, 0.25) is 11.3 Å². The van der Waals surface area contributed by atoms with Crippen molar-refractivity contribution in [2.24, 2.45) is 0 Å². The van der Waals surface area contributed by atoms with E-state index >= 15 is 0 Å². The van der Waals surface area contributed by atoms with E-state index in [1.165, 1.54) is 20.2 Å². The summed E-state index contributed by atoms with van der Waals surface area (Å²) < 4.78 is 11.7. The number of para-hydroxylation sites is 2. The standard InChI is InChI=1S/C54H36N3OS/c1-2-15-35-18-6-7-19-39(35)34-57(40-28-29-42-41-22-10-13-27-49(41)59-50(42)33-40)47-31-30-45(51-44-24-9-12-26-48(44)58-53(47)51)54-55-46-25-11-8-23-43(46)52(56-54)38-21-14-20-37(32-38)36-16-4-3-5-17-36/h2-34H,1H3/q+1/b15-2-,57-34?. The van der Waals surface area contributed by atoms with Gasteiger partial charge >= 0.3 is 0 Å². The summed E-state index contributed by atoms with van der Waals surface area (Å²) in [6.45, 7) is 2.06. The SMILES string of the molecule is C/C=C\c1ccccc1C=[N+](c1ccc2c(c1)sc1ccccc12)c1ccc(-c2nc(-c3cccc(-c4ccccc4)c3)c3ccccc3n2)c2c1oc1ccccc12. The van der Waals surface area contributed by atoms with Crippen molar-refractivity contribution in [3.63, 3.8) is 0 Å². The average Bonchev–Trinajstić information content (AvgIpc) is 3.87. The maximum atomic E-state index is 6.94. The Kier molecular flexibility index (Phi) is 8.53. The van der Waals surface area contributed by atoms with Crippen LogP contribution in [0.15, 0.2) is 192 Å². The molecular weight excluding hydrogens is 739 g/mol. The molecule has 11 rings (SSSR count). The smallest absolute Gasteiger partial charge is 0.254 e. The lowest BCUT2D eigenvalue weighted by atomic mass is 9.99. The van der Waals surface area contributed by atoms with Crippen LogP contribution in [-0.2, 0) is 0 Å². The predicted octanol–water partition coefficient (Wildman–Crippen LogP) is 14.9. The van der Waals surface area contributed by atoms with Gasteiger partial charge in [-0.1, -0.05) is 133 Å². The van der Waals surface area contributed by atoms with Crippen LogP contribution in [0.2, 0.25) is 0 Å². The summed E-state index contributed by atoms with van der Waals surface area (Å²) in [4.78, 5) is 10.7. The van der Waals surface area contributed by atoms with Gasteiger partial charge in [-0.3, -0.25) is 0 Å². The highest BCUT2D eigenvalue weighted by molar-refractivity contribution is 7.25. The molecule has 0 unspecified atom stereocenters. The van der Waals surface area contributed by atoms with Crippen LogP contribution in [0.3, 0.4) is 0 Å². The molecule has 0 radical (unpaired) electrons. The number of benzene rings is 8. The third kappa shape index (κ3) is 6.11. The zero-order valence-corrected chi connectivity index (χ0v) is 33.0. The van der Waals surface area contributed by atoms with Gasteiger partial charge in [-0.2, -0.15) is 4.58 Å². The molecule has 3 heterocycles. The van der Waals surface area contributed by atoms with Gasteiger partial charge in [-0.05, 0) is 66.1 Å². The van der Waals surface area contributed by atoms with Crippen LogP contribution in [-0.4, -0.2) is 16.2 Å². The molecule has 11 aromatic rings. The third-order valence-electron chi connectivity index (χ3n) is 11.1. The van der Waals surface area contributed by atoms with E-state index in [1.807, 2.05) is 35.6 Å². The highest BCUT2D eigenvalue weighted by Crippen LogP contribution is 2.44. The monoisotopic (exact) mass is 774 g/mol. The normalized spacial score (nSPS) is 12.2. The van der Waals surface area contributed by atoms with Crippen LogP contribution in [0.1, 0.15) is 18.1 Å². The Bertz CT molecular complexity index is 3470. The van der Waals surface area contributed by atoms with Crippen LogP contribution >= 0.6 is 11.3 Å². The fraction of sp³-hybridized carbons (Fsp3) is 0.0185. The largest absolute Gasteiger partial charge is 0.449 e. The van der Waals surface area contributed by atoms with Crippen molar-refractivity contribution in [1.82, 2.24) is 14.5 Å². The van der Waals surface area contributed by atoms with E-state index < -0.39 is 0 Å². The molecule has 0 aliphatic rings. The molecule has 0 bridgehead atoms. The van der Waals surface area contributed by atoms with Gasteiger partial charge < -0.3 is 4.42 Å². The molecule has 0 atom stereocenters. The van der Waals surface area contributed by atoms with Crippen LogP contribution < -0.4 is 4.58 Å². The van der Waals surface area contributed by atoms with Gasteiger partial charge in [0.25, 0.3) is 5.69 Å². The lowest BCUT2D eigenvalue weighted by Crippen LogP contribution is -2.08. The lowest BCUT2D eigenvalue weighted by Gasteiger charge is -2.12. The Hall–Kier alpha value is -7.47. The Balaban J connectivity index is 1.16. The fourth-order valence-electron chi connectivity index (χ4n) is 8.33. The maximum Gasteiger partial charge on any atom is 0.254 e. The van der Waals surface area contributed by atoms with Gasteiger partial charge in [0.05, 0.1) is 11.2 Å². The van der Waals surface area contributed by atoms with E-state index in [0.717, 1.165) is 83.3 Å². The first-order valence-electron chi connectivity index (χ1n) is 19.8. The summed E-state index contributed by atoms with van der Waals surface area (Å²) in [7, 11) is 0. The first-order valence-corrected chi connectivity index (χ1v) is 20.7. The molecule has 0 amide bonds. The summed E-state index contributed by atoms with van der Waals surface area (Å²) in [5.41, 5.74) is 11.8. The number of furan rings is 1. The number of fused-ring (bicyclic) bond motifs is 7. The van der Waals surface area contributed by atoms with Gasteiger partial charge in [0, 0.05) is 71.2 Å². The summed E-state index contributed by atoms with van der Waals surface area (Å²) >= 11 is 1.82. The minimum Gasteiger partial charge on any atom is -0.449 e. The zero-order valence-electron chi connectivity index (χ0n) is 32.2. The van der Waals surface area contributed by atoms with Crippen molar-refractivity contribution in [3.05, 3.63) is 199 Å². The second-order valence-corrected chi connectivity index (χ2v) is 15.8. The van der Waals surface area contributed by atoms with Crippen LogP contribution in [0.4, 0.5) is 11.4 Å². The maximum absolute atomic E-state index is 6.94. The van der Waals surface area contributed by atoms with E-state index in [1.54, 1.807) is 0 Å². The minimum absolute atomic E-state index is 0.646. The lowest BCUT2D eigenvalue weighted by molar-refractivity contribution is 0.667. The highest BCUT2D eigenvalue weighted by Gasteiger charge is 2.27. The number of rotatable bonds is 7. The van der Waals surface area contributed by atoms with E-state index in [9.17, 15) is 0 Å². The number of thiophene rings is 1. The average molecular weight is 775 g/mol. The van der Waals surface area contributed by atoms with E-state index in [2.05, 4.69) is 188 Å². The van der Waals surface area contributed by atoms with E-state index in [-0.39, 0.29) is 0 Å². The summed E-state index contributed by atoms with van der Waals surface area (Å²) in [6.07, 6.45) is 6.47.